The van der Waals surface area contributed by atoms with E-state index in [0.717, 1.165) is 19.4 Å². The third-order valence-corrected chi connectivity index (χ3v) is 4.32. The van der Waals surface area contributed by atoms with Crippen LogP contribution in [0.15, 0.2) is 11.5 Å². The summed E-state index contributed by atoms with van der Waals surface area (Å²) in [5.41, 5.74) is 0. The Bertz CT molecular complexity index is 396. The largest absolute Gasteiger partial charge is 0.349 e. The van der Waals surface area contributed by atoms with Gasteiger partial charge in [0, 0.05) is 12.0 Å². The van der Waals surface area contributed by atoms with Crippen LogP contribution >= 0.6 is 0 Å². The number of sulfone groups is 1. The third kappa shape index (κ3) is 2.82. The van der Waals surface area contributed by atoms with Gasteiger partial charge in [-0.1, -0.05) is 0 Å². The average molecular weight is 244 g/mol. The van der Waals surface area contributed by atoms with Gasteiger partial charge in [-0.3, -0.25) is 4.79 Å². The maximum atomic E-state index is 11.8. The Balaban J connectivity index is 1.86. The second-order valence-corrected chi connectivity index (χ2v) is 6.25. The third-order valence-electron chi connectivity index (χ3n) is 2.93. The van der Waals surface area contributed by atoms with E-state index >= 15 is 0 Å². The number of amides is 1. The van der Waals surface area contributed by atoms with Gasteiger partial charge in [0.05, 0.1) is 17.7 Å². The maximum absolute atomic E-state index is 11.8. The van der Waals surface area contributed by atoms with Gasteiger partial charge in [0.15, 0.2) is 9.84 Å². The summed E-state index contributed by atoms with van der Waals surface area (Å²) in [7, 11) is -3.08. The van der Waals surface area contributed by atoms with E-state index in [-0.39, 0.29) is 23.6 Å². The summed E-state index contributed by atoms with van der Waals surface area (Å²) in [6, 6.07) is -0.348. The summed E-state index contributed by atoms with van der Waals surface area (Å²) in [6.45, 7) is 1.65. The minimum absolute atomic E-state index is 0.00110. The summed E-state index contributed by atoms with van der Waals surface area (Å²) < 4.78 is 22.3. The number of carbonyl (C=O) groups is 1. The van der Waals surface area contributed by atoms with E-state index in [1.807, 2.05) is 0 Å². The van der Waals surface area contributed by atoms with Crippen LogP contribution in [0.5, 0.6) is 0 Å². The van der Waals surface area contributed by atoms with Gasteiger partial charge < -0.3 is 10.6 Å². The SMILES string of the molecule is O=C(NC1C=CS(=O)(=O)C1)C1CCCNC1. The molecule has 16 heavy (non-hydrogen) atoms. The second-order valence-electron chi connectivity index (χ2n) is 4.32. The van der Waals surface area contributed by atoms with Crippen molar-refractivity contribution < 1.29 is 13.2 Å². The quantitative estimate of drug-likeness (QED) is 0.681. The Labute approximate surface area is 95.2 Å². The number of piperidine rings is 1. The van der Waals surface area contributed by atoms with Crippen molar-refractivity contribution in [3.63, 3.8) is 0 Å². The van der Waals surface area contributed by atoms with Crippen LogP contribution < -0.4 is 10.6 Å². The van der Waals surface area contributed by atoms with Crippen LogP contribution in [0.4, 0.5) is 0 Å². The summed E-state index contributed by atoms with van der Waals surface area (Å²) in [5, 5.41) is 7.10. The first kappa shape index (κ1) is 11.6. The van der Waals surface area contributed by atoms with Gasteiger partial charge in [-0.2, -0.15) is 0 Å². The molecule has 5 nitrogen and oxygen atoms in total. The Morgan fingerprint density at radius 2 is 2.25 bits per heavy atom. The lowest BCUT2D eigenvalue weighted by Gasteiger charge is -2.23. The molecule has 0 bridgehead atoms. The minimum Gasteiger partial charge on any atom is -0.349 e. The van der Waals surface area contributed by atoms with E-state index in [1.165, 1.54) is 5.41 Å². The van der Waals surface area contributed by atoms with Crippen LogP contribution in [0.25, 0.3) is 0 Å². The topological polar surface area (TPSA) is 75.3 Å². The van der Waals surface area contributed by atoms with Gasteiger partial charge in [0.25, 0.3) is 0 Å². The first-order valence-electron chi connectivity index (χ1n) is 5.49. The zero-order valence-electron chi connectivity index (χ0n) is 8.98. The van der Waals surface area contributed by atoms with Gasteiger partial charge in [0.2, 0.25) is 5.91 Å². The van der Waals surface area contributed by atoms with Gasteiger partial charge in [-0.15, -0.1) is 0 Å². The van der Waals surface area contributed by atoms with E-state index in [1.54, 1.807) is 6.08 Å². The van der Waals surface area contributed by atoms with Crippen LogP contribution in [0, 0.1) is 5.92 Å². The monoisotopic (exact) mass is 244 g/mol. The lowest BCUT2D eigenvalue weighted by molar-refractivity contribution is -0.125. The molecule has 2 atom stereocenters. The lowest BCUT2D eigenvalue weighted by atomic mass is 9.98. The number of carbonyl (C=O) groups excluding carboxylic acids is 1. The van der Waals surface area contributed by atoms with Crippen molar-refractivity contribution in [1.29, 1.82) is 0 Å². The molecule has 1 fully saturated rings. The molecule has 2 aliphatic heterocycles. The molecule has 0 spiro atoms. The molecule has 0 saturated carbocycles. The van der Waals surface area contributed by atoms with Crippen LogP contribution in [0.2, 0.25) is 0 Å². The fourth-order valence-corrected chi connectivity index (χ4v) is 3.28. The van der Waals surface area contributed by atoms with Crippen molar-refractivity contribution in [3.05, 3.63) is 11.5 Å². The highest BCUT2D eigenvalue weighted by Gasteiger charge is 2.27. The van der Waals surface area contributed by atoms with E-state index in [4.69, 9.17) is 0 Å². The summed E-state index contributed by atoms with van der Waals surface area (Å²) >= 11 is 0. The number of nitrogens with one attached hydrogen (secondary N) is 2. The van der Waals surface area contributed by atoms with Crippen LogP contribution in [0.1, 0.15) is 12.8 Å². The van der Waals surface area contributed by atoms with Crippen molar-refractivity contribution >= 4 is 15.7 Å². The van der Waals surface area contributed by atoms with E-state index < -0.39 is 9.84 Å². The fourth-order valence-electron chi connectivity index (χ4n) is 2.04. The van der Waals surface area contributed by atoms with E-state index in [0.29, 0.717) is 6.54 Å². The predicted octanol–water partition coefficient (Wildman–Crippen LogP) is -0.587. The van der Waals surface area contributed by atoms with Crippen molar-refractivity contribution in [1.82, 2.24) is 10.6 Å². The zero-order chi connectivity index (χ0) is 11.6. The molecular formula is C10H16N2O3S. The van der Waals surface area contributed by atoms with Crippen molar-refractivity contribution in [2.45, 2.75) is 18.9 Å². The Morgan fingerprint density at radius 1 is 1.44 bits per heavy atom. The first-order valence-corrected chi connectivity index (χ1v) is 7.20. The van der Waals surface area contributed by atoms with Gasteiger partial charge in [-0.05, 0) is 25.5 Å². The Morgan fingerprint density at radius 3 is 2.81 bits per heavy atom. The lowest BCUT2D eigenvalue weighted by Crippen LogP contribution is -2.44. The summed E-state index contributed by atoms with van der Waals surface area (Å²) in [5.74, 6) is -0.0665. The maximum Gasteiger partial charge on any atom is 0.224 e. The Kier molecular flexibility index (Phi) is 3.30. The van der Waals surface area contributed by atoms with Crippen LogP contribution in [-0.2, 0) is 14.6 Å². The number of hydrogen-bond acceptors (Lipinski definition) is 4. The molecule has 0 aromatic carbocycles. The molecular weight excluding hydrogens is 228 g/mol. The standard InChI is InChI=1S/C10H16N2O3S/c13-10(8-2-1-4-11-6-8)12-9-3-5-16(14,15)7-9/h3,5,8-9,11H,1-2,4,6-7H2,(H,12,13). The fraction of sp³-hybridized carbons (Fsp3) is 0.700. The molecule has 0 aromatic heterocycles. The average Bonchev–Trinajstić information content (AvgIpc) is 2.59. The van der Waals surface area contributed by atoms with Gasteiger partial charge in [0.1, 0.15) is 0 Å². The van der Waals surface area contributed by atoms with E-state index in [9.17, 15) is 13.2 Å². The molecule has 2 rings (SSSR count). The van der Waals surface area contributed by atoms with Crippen molar-refractivity contribution in [2.24, 2.45) is 5.92 Å². The highest BCUT2D eigenvalue weighted by atomic mass is 32.2. The predicted molar refractivity (Wildman–Crippen MR) is 60.5 cm³/mol. The smallest absolute Gasteiger partial charge is 0.224 e. The summed E-state index contributed by atoms with van der Waals surface area (Å²) in [6.07, 6.45) is 3.42. The molecule has 0 aliphatic carbocycles. The summed E-state index contributed by atoms with van der Waals surface area (Å²) in [4.78, 5) is 11.8. The minimum atomic E-state index is -3.08. The molecule has 90 valence electrons. The Hall–Kier alpha value is -0.880. The van der Waals surface area contributed by atoms with Gasteiger partial charge >= 0.3 is 0 Å². The highest BCUT2D eigenvalue weighted by molar-refractivity contribution is 7.94. The molecule has 6 heteroatoms. The van der Waals surface area contributed by atoms with Gasteiger partial charge in [-0.25, -0.2) is 8.42 Å². The second kappa shape index (κ2) is 4.55. The highest BCUT2D eigenvalue weighted by Crippen LogP contribution is 2.12. The van der Waals surface area contributed by atoms with Crippen LogP contribution in [0.3, 0.4) is 0 Å². The molecule has 1 saturated heterocycles. The molecule has 1 amide bonds. The molecule has 0 aromatic rings. The number of hydrogen-bond donors (Lipinski definition) is 2. The first-order chi connectivity index (χ1) is 7.57. The van der Waals surface area contributed by atoms with Crippen LogP contribution in [-0.4, -0.2) is 39.2 Å². The van der Waals surface area contributed by atoms with E-state index in [2.05, 4.69) is 10.6 Å². The van der Waals surface area contributed by atoms with Crippen molar-refractivity contribution in [2.75, 3.05) is 18.8 Å². The number of rotatable bonds is 2. The molecule has 0 radical (unpaired) electrons. The molecule has 2 aliphatic rings. The zero-order valence-corrected chi connectivity index (χ0v) is 9.79. The molecule has 2 unspecified atom stereocenters. The van der Waals surface area contributed by atoms with Crippen molar-refractivity contribution in [3.8, 4) is 0 Å². The molecule has 2 heterocycles. The normalized spacial score (nSPS) is 32.5. The molecule has 2 N–H and O–H groups in total.